The van der Waals surface area contributed by atoms with Crippen LogP contribution in [0.25, 0.3) is 5.57 Å². The van der Waals surface area contributed by atoms with Crippen LogP contribution in [0.3, 0.4) is 0 Å². The van der Waals surface area contributed by atoms with Gasteiger partial charge in [0.25, 0.3) is 0 Å². The molecule has 0 fully saturated rings. The SMILES string of the molecule is CC1=[N+](C)[C@H](C)C(/C(=C/[B-](c2c(F)c(F)c(F)c(F)c2F)(c2c(F)c(F)c(F)c(F)c2F)c2c(F)c(F)c(F)c(F)c2F)c2ccccc2)=C1.ClCCl. The number of halogens is 17. The quantitative estimate of drug-likeness (QED) is 0.0459. The molecule has 0 aliphatic carbocycles. The summed E-state index contributed by atoms with van der Waals surface area (Å²) >= 11 is 9.53. The molecular formula is C34H19BCl2F15N. The summed E-state index contributed by atoms with van der Waals surface area (Å²) in [5.74, 6) is -45.7. The van der Waals surface area contributed by atoms with E-state index in [9.17, 15) is 39.5 Å². The van der Waals surface area contributed by atoms with Crippen LogP contribution in [0, 0.1) is 87.3 Å². The van der Waals surface area contributed by atoms with Crippen LogP contribution in [0.2, 0.25) is 0 Å². The summed E-state index contributed by atoms with van der Waals surface area (Å²) in [5, 5.41) is 0.194. The number of hydrogen-bond donors (Lipinski definition) is 0. The first-order valence-corrected chi connectivity index (χ1v) is 15.7. The summed E-state index contributed by atoms with van der Waals surface area (Å²) in [6.07, 6.45) is -4.63. The van der Waals surface area contributed by atoms with Gasteiger partial charge in [-0.05, 0) is 11.1 Å². The van der Waals surface area contributed by atoms with Crippen LogP contribution < -0.4 is 16.4 Å². The average molecular weight is 808 g/mol. The van der Waals surface area contributed by atoms with Crippen molar-refractivity contribution in [2.24, 2.45) is 0 Å². The van der Waals surface area contributed by atoms with E-state index in [1.54, 1.807) is 0 Å². The Morgan fingerprint density at radius 3 is 1.11 bits per heavy atom. The Hall–Kier alpha value is -4.38. The Kier molecular flexibility index (Phi) is 12.1. The number of alkyl halides is 2. The molecule has 1 aliphatic rings. The summed E-state index contributed by atoms with van der Waals surface area (Å²) < 4.78 is 230. The van der Waals surface area contributed by atoms with E-state index >= 15 is 26.3 Å². The van der Waals surface area contributed by atoms with Gasteiger partial charge < -0.3 is 0 Å². The predicted octanol–water partition coefficient (Wildman–Crippen LogP) is 8.72. The molecule has 4 aromatic rings. The molecule has 1 aliphatic heterocycles. The Labute approximate surface area is 300 Å². The number of allylic oxidation sites excluding steroid dienone is 1. The van der Waals surface area contributed by atoms with Gasteiger partial charge in [0, 0.05) is 25.5 Å². The van der Waals surface area contributed by atoms with Crippen LogP contribution in [-0.2, 0) is 0 Å². The van der Waals surface area contributed by atoms with Crippen molar-refractivity contribution in [3.8, 4) is 0 Å². The molecule has 1 nitrogen and oxygen atoms in total. The molecule has 0 bridgehead atoms. The van der Waals surface area contributed by atoms with E-state index in [0.717, 1.165) is 12.1 Å². The zero-order chi connectivity index (χ0) is 40.0. The van der Waals surface area contributed by atoms with Crippen molar-refractivity contribution < 1.29 is 70.4 Å². The highest BCUT2D eigenvalue weighted by Gasteiger charge is 2.48. The monoisotopic (exact) mass is 807 g/mol. The van der Waals surface area contributed by atoms with Gasteiger partial charge in [0.15, 0.2) is 64.1 Å². The first-order valence-electron chi connectivity index (χ1n) is 14.6. The first-order chi connectivity index (χ1) is 24.7. The summed E-state index contributed by atoms with van der Waals surface area (Å²) in [6, 6.07) is 5.24. The first kappa shape index (κ1) is 41.4. The predicted molar refractivity (Wildman–Crippen MR) is 169 cm³/mol. The van der Waals surface area contributed by atoms with Gasteiger partial charge in [-0.15, -0.1) is 39.6 Å². The van der Waals surface area contributed by atoms with Gasteiger partial charge in [0.2, 0.25) is 0 Å². The number of rotatable bonds is 6. The van der Waals surface area contributed by atoms with Crippen LogP contribution >= 0.6 is 23.2 Å². The van der Waals surface area contributed by atoms with Crippen LogP contribution in [0.15, 0.2) is 48.0 Å². The molecule has 0 aromatic heterocycles. The van der Waals surface area contributed by atoms with E-state index in [1.807, 2.05) is 0 Å². The molecule has 1 heterocycles. The highest BCUT2D eigenvalue weighted by atomic mass is 35.5. The Morgan fingerprint density at radius 2 is 0.849 bits per heavy atom. The maximum absolute atomic E-state index is 16.0. The van der Waals surface area contributed by atoms with Gasteiger partial charge in [-0.1, -0.05) is 30.3 Å². The molecule has 0 N–H and O–H groups in total. The van der Waals surface area contributed by atoms with Gasteiger partial charge in [-0.3, -0.25) is 0 Å². The highest BCUT2D eigenvalue weighted by molar-refractivity contribution is 7.15. The molecule has 0 saturated heterocycles. The molecule has 1 atom stereocenters. The molecule has 19 heteroatoms. The summed E-state index contributed by atoms with van der Waals surface area (Å²) in [4.78, 5) is 0. The third kappa shape index (κ3) is 6.59. The second-order valence-electron chi connectivity index (χ2n) is 11.5. The fourth-order valence-electron chi connectivity index (χ4n) is 6.24. The fourth-order valence-corrected chi connectivity index (χ4v) is 6.24. The lowest BCUT2D eigenvalue weighted by atomic mass is 9.14. The van der Waals surface area contributed by atoms with Crippen LogP contribution in [0.1, 0.15) is 19.4 Å². The van der Waals surface area contributed by atoms with Crippen molar-refractivity contribution in [1.29, 1.82) is 0 Å². The van der Waals surface area contributed by atoms with Crippen LogP contribution in [-0.4, -0.2) is 34.9 Å². The maximum Gasteiger partial charge on any atom is 0.200 e. The molecule has 4 aromatic carbocycles. The van der Waals surface area contributed by atoms with E-state index < -0.39 is 121 Å². The number of likely N-dealkylation sites (N-methyl/N-ethyl adjacent to an activating group) is 1. The summed E-state index contributed by atoms with van der Waals surface area (Å²) in [5.41, 5.74) is -8.75. The molecule has 0 saturated carbocycles. The van der Waals surface area contributed by atoms with Gasteiger partial charge in [0.1, 0.15) is 48.1 Å². The third-order valence-corrected chi connectivity index (χ3v) is 8.86. The van der Waals surface area contributed by atoms with E-state index in [1.165, 1.54) is 49.7 Å². The van der Waals surface area contributed by atoms with Crippen molar-refractivity contribution in [3.05, 3.63) is 141 Å². The number of hydrogen-bond acceptors (Lipinski definition) is 0. The minimum Gasteiger partial charge on any atom is -0.230 e. The second-order valence-corrected chi connectivity index (χ2v) is 12.3. The Morgan fingerprint density at radius 1 is 0.566 bits per heavy atom. The Bertz CT molecular complexity index is 1980. The zero-order valence-electron chi connectivity index (χ0n) is 26.8. The van der Waals surface area contributed by atoms with Gasteiger partial charge in [-0.25, -0.2) is 76.4 Å². The normalized spacial score (nSPS) is 14.8. The lowest BCUT2D eigenvalue weighted by molar-refractivity contribution is -0.519. The lowest BCUT2D eigenvalue weighted by Crippen LogP contribution is -2.72. The minimum atomic E-state index is -5.89. The van der Waals surface area contributed by atoms with Crippen LogP contribution in [0.5, 0.6) is 0 Å². The molecule has 53 heavy (non-hydrogen) atoms. The Balaban J connectivity index is 0.00000202. The van der Waals surface area contributed by atoms with Gasteiger partial charge in [0.05, 0.1) is 5.34 Å². The lowest BCUT2D eigenvalue weighted by Gasteiger charge is -2.42. The smallest absolute Gasteiger partial charge is 0.200 e. The van der Waals surface area contributed by atoms with E-state index in [4.69, 9.17) is 23.2 Å². The molecule has 5 rings (SSSR count). The van der Waals surface area contributed by atoms with Crippen molar-refractivity contribution in [2.45, 2.75) is 19.9 Å². The fraction of sp³-hybridized carbons (Fsp3) is 0.147. The molecule has 0 unspecified atom stereocenters. The molecular weight excluding hydrogens is 789 g/mol. The van der Waals surface area contributed by atoms with E-state index in [0.29, 0.717) is 5.71 Å². The number of nitrogens with zero attached hydrogens (tertiary/aromatic N) is 1. The van der Waals surface area contributed by atoms with Crippen LogP contribution in [0.4, 0.5) is 65.9 Å². The molecule has 0 amide bonds. The topological polar surface area (TPSA) is 3.01 Å². The van der Waals surface area contributed by atoms with Gasteiger partial charge in [-0.2, -0.15) is 0 Å². The minimum absolute atomic E-state index is 0.00105. The largest absolute Gasteiger partial charge is 0.230 e. The van der Waals surface area contributed by atoms with Crippen molar-refractivity contribution in [1.82, 2.24) is 0 Å². The molecule has 0 radical (unpaired) electrons. The number of benzene rings is 4. The van der Waals surface area contributed by atoms with E-state index in [-0.39, 0.29) is 22.5 Å². The van der Waals surface area contributed by atoms with E-state index in [2.05, 4.69) is 0 Å². The summed E-state index contributed by atoms with van der Waals surface area (Å²) in [7, 11) is 1.46. The summed E-state index contributed by atoms with van der Waals surface area (Å²) in [6.45, 7) is 2.89. The molecule has 282 valence electrons. The average Bonchev–Trinajstić information content (AvgIpc) is 3.39. The van der Waals surface area contributed by atoms with Crippen molar-refractivity contribution in [2.75, 3.05) is 12.4 Å². The van der Waals surface area contributed by atoms with Gasteiger partial charge >= 0.3 is 0 Å². The zero-order valence-corrected chi connectivity index (χ0v) is 28.3. The maximum atomic E-state index is 16.0. The highest BCUT2D eigenvalue weighted by Crippen LogP contribution is 2.35. The third-order valence-electron chi connectivity index (χ3n) is 8.86. The van der Waals surface area contributed by atoms with Crippen molar-refractivity contribution >= 4 is 57.0 Å². The standard InChI is InChI=1S/C33H17BF15N.CH2Cl2/c1-11-9-14(12(2)50(11)3)15(13-7-5-4-6-8-13)10-34(16-19(35)25(41)31(47)26(42)20(16)36,17-21(37)27(43)32(48)28(44)22(17)38)18-23(39)29(45)33(49)30(46)24(18)40;2-1-3/h4-10,12H,1-3H3;1H2/b15-10+;/t12-;/m1./s1. The molecule has 0 spiro atoms. The van der Waals surface area contributed by atoms with Crippen molar-refractivity contribution in [3.63, 3.8) is 0 Å². The second kappa shape index (κ2) is 15.5.